The summed E-state index contributed by atoms with van der Waals surface area (Å²) in [6.07, 6.45) is -1.96. The topological polar surface area (TPSA) is 49.4 Å². The number of thiophene rings is 1. The molecule has 0 atom stereocenters. The summed E-state index contributed by atoms with van der Waals surface area (Å²) in [4.78, 5) is 0.919. The molecule has 0 aliphatic carbocycles. The fraction of sp³-hybridized carbons (Fsp3) is 0.667. The first kappa shape index (κ1) is 17.5. The van der Waals surface area contributed by atoms with Crippen LogP contribution < -0.4 is 5.32 Å². The number of hydrogen-bond donors (Lipinski definition) is 1. The molecular formula is C12H20F2N2O2S2. The molecule has 0 saturated heterocycles. The molecule has 20 heavy (non-hydrogen) atoms. The van der Waals surface area contributed by atoms with E-state index in [9.17, 15) is 17.2 Å². The first-order chi connectivity index (χ1) is 9.23. The van der Waals surface area contributed by atoms with E-state index in [2.05, 4.69) is 5.32 Å². The molecule has 1 rings (SSSR count). The molecule has 0 bridgehead atoms. The summed E-state index contributed by atoms with van der Waals surface area (Å²) < 4.78 is 49.4. The second-order valence-electron chi connectivity index (χ2n) is 4.76. The van der Waals surface area contributed by atoms with Gasteiger partial charge in [-0.15, -0.1) is 11.3 Å². The molecule has 1 heterocycles. The lowest BCUT2D eigenvalue weighted by atomic mass is 10.3. The second-order valence-corrected chi connectivity index (χ2v) is 8.20. The fourth-order valence-corrected chi connectivity index (χ4v) is 4.28. The summed E-state index contributed by atoms with van der Waals surface area (Å²) in [5.41, 5.74) is 0. The molecule has 1 aromatic rings. The van der Waals surface area contributed by atoms with Crippen molar-refractivity contribution in [2.24, 2.45) is 0 Å². The number of nitrogens with one attached hydrogen (secondary N) is 1. The van der Waals surface area contributed by atoms with Gasteiger partial charge in [-0.1, -0.05) is 13.8 Å². The van der Waals surface area contributed by atoms with Crippen molar-refractivity contribution in [1.29, 1.82) is 0 Å². The van der Waals surface area contributed by atoms with E-state index in [1.54, 1.807) is 6.07 Å². The summed E-state index contributed by atoms with van der Waals surface area (Å²) in [5.74, 6) is 0. The zero-order valence-electron chi connectivity index (χ0n) is 11.8. The van der Waals surface area contributed by atoms with Gasteiger partial charge in [0.1, 0.15) is 4.21 Å². The molecule has 0 amide bonds. The molecule has 0 spiro atoms. The molecule has 0 unspecified atom stereocenters. The molecular weight excluding hydrogens is 306 g/mol. The summed E-state index contributed by atoms with van der Waals surface area (Å²) in [5, 5.41) is 3.24. The largest absolute Gasteiger partial charge is 0.314 e. The molecule has 0 aliphatic rings. The number of sulfonamides is 1. The molecule has 0 aliphatic heterocycles. The first-order valence-electron chi connectivity index (χ1n) is 6.30. The van der Waals surface area contributed by atoms with E-state index in [4.69, 9.17) is 0 Å². The van der Waals surface area contributed by atoms with Crippen LogP contribution >= 0.6 is 11.3 Å². The lowest BCUT2D eigenvalue weighted by Crippen LogP contribution is -2.30. The Morgan fingerprint density at radius 2 is 2.00 bits per heavy atom. The van der Waals surface area contributed by atoms with E-state index in [-0.39, 0.29) is 4.21 Å². The van der Waals surface area contributed by atoms with Gasteiger partial charge in [-0.05, 0) is 18.6 Å². The van der Waals surface area contributed by atoms with E-state index >= 15 is 0 Å². The van der Waals surface area contributed by atoms with Crippen LogP contribution in [0.4, 0.5) is 8.78 Å². The van der Waals surface area contributed by atoms with Crippen LogP contribution in [-0.2, 0) is 16.4 Å². The minimum atomic E-state index is -3.80. The monoisotopic (exact) mass is 326 g/mol. The Balaban J connectivity index is 2.70. The van der Waals surface area contributed by atoms with Crippen molar-refractivity contribution < 1.29 is 17.2 Å². The van der Waals surface area contributed by atoms with Crippen LogP contribution in [0.2, 0.25) is 0 Å². The van der Waals surface area contributed by atoms with Crippen molar-refractivity contribution in [3.8, 4) is 0 Å². The van der Waals surface area contributed by atoms with Crippen LogP contribution in [-0.4, -0.2) is 45.3 Å². The van der Waals surface area contributed by atoms with Gasteiger partial charge >= 0.3 is 0 Å². The lowest BCUT2D eigenvalue weighted by Gasteiger charge is -2.14. The highest BCUT2D eigenvalue weighted by molar-refractivity contribution is 7.91. The Hall–Kier alpha value is -0.570. The Morgan fingerprint density at radius 3 is 2.55 bits per heavy atom. The van der Waals surface area contributed by atoms with Gasteiger partial charge in [0.05, 0.1) is 6.54 Å². The maximum absolute atomic E-state index is 12.3. The summed E-state index contributed by atoms with van der Waals surface area (Å²) in [6.45, 7) is 4.03. The van der Waals surface area contributed by atoms with Crippen LogP contribution in [0.15, 0.2) is 16.3 Å². The van der Waals surface area contributed by atoms with Crippen LogP contribution in [0, 0.1) is 0 Å². The van der Waals surface area contributed by atoms with Crippen LogP contribution in [0.25, 0.3) is 0 Å². The predicted molar refractivity (Wildman–Crippen MR) is 77.0 cm³/mol. The van der Waals surface area contributed by atoms with E-state index in [1.807, 2.05) is 13.8 Å². The average Bonchev–Trinajstić information content (AvgIpc) is 2.76. The van der Waals surface area contributed by atoms with E-state index in [0.29, 0.717) is 10.3 Å². The summed E-state index contributed by atoms with van der Waals surface area (Å²) >= 11 is 1.13. The second kappa shape index (κ2) is 7.44. The van der Waals surface area contributed by atoms with Gasteiger partial charge in [0.2, 0.25) is 0 Å². The number of halogens is 2. The molecule has 1 aromatic heterocycles. The Morgan fingerprint density at radius 1 is 1.35 bits per heavy atom. The molecule has 0 aromatic carbocycles. The lowest BCUT2D eigenvalue weighted by molar-refractivity contribution is 0.126. The fourth-order valence-electron chi connectivity index (χ4n) is 1.56. The number of nitrogens with zero attached hydrogens (tertiary/aromatic N) is 1. The highest BCUT2D eigenvalue weighted by atomic mass is 32.2. The standard InChI is InChI=1S/C12H20F2N2O2S2/c1-9(2)15-7-6-10-4-5-12(19-10)20(17,18)16(3)8-11(13)14/h4-5,9,11,15H,6-8H2,1-3H3. The zero-order valence-corrected chi connectivity index (χ0v) is 13.4. The third kappa shape index (κ3) is 5.08. The van der Waals surface area contributed by atoms with Crippen molar-refractivity contribution in [2.75, 3.05) is 20.1 Å². The van der Waals surface area contributed by atoms with E-state index < -0.39 is 23.0 Å². The maximum atomic E-state index is 12.3. The van der Waals surface area contributed by atoms with Gasteiger partial charge in [-0.2, -0.15) is 4.31 Å². The van der Waals surface area contributed by atoms with Crippen molar-refractivity contribution in [3.63, 3.8) is 0 Å². The third-order valence-corrected chi connectivity index (χ3v) is 6.06. The van der Waals surface area contributed by atoms with Crippen molar-refractivity contribution in [3.05, 3.63) is 17.0 Å². The number of alkyl halides is 2. The highest BCUT2D eigenvalue weighted by Gasteiger charge is 2.25. The average molecular weight is 326 g/mol. The minimum Gasteiger partial charge on any atom is -0.314 e. The minimum absolute atomic E-state index is 0.111. The highest BCUT2D eigenvalue weighted by Crippen LogP contribution is 2.24. The zero-order chi connectivity index (χ0) is 15.3. The molecule has 8 heteroatoms. The van der Waals surface area contributed by atoms with Gasteiger partial charge in [0.25, 0.3) is 16.4 Å². The van der Waals surface area contributed by atoms with Gasteiger partial charge in [0.15, 0.2) is 0 Å². The van der Waals surface area contributed by atoms with Gasteiger partial charge in [-0.25, -0.2) is 17.2 Å². The number of rotatable bonds is 8. The van der Waals surface area contributed by atoms with E-state index in [1.165, 1.54) is 13.1 Å². The van der Waals surface area contributed by atoms with Crippen molar-refractivity contribution in [1.82, 2.24) is 9.62 Å². The Bertz CT molecular complexity index is 515. The van der Waals surface area contributed by atoms with Gasteiger partial charge in [0, 0.05) is 24.5 Å². The summed E-state index contributed by atoms with van der Waals surface area (Å²) in [6, 6.07) is 3.58. The molecule has 0 saturated carbocycles. The van der Waals surface area contributed by atoms with E-state index in [0.717, 1.165) is 29.2 Å². The van der Waals surface area contributed by atoms with Crippen molar-refractivity contribution in [2.45, 2.75) is 36.9 Å². The third-order valence-electron chi connectivity index (χ3n) is 2.62. The van der Waals surface area contributed by atoms with Crippen molar-refractivity contribution >= 4 is 21.4 Å². The Labute approximate surface area is 122 Å². The first-order valence-corrected chi connectivity index (χ1v) is 8.55. The van der Waals surface area contributed by atoms with Crippen LogP contribution in [0.5, 0.6) is 0 Å². The SMILES string of the molecule is CC(C)NCCc1ccc(S(=O)(=O)N(C)CC(F)F)s1. The molecule has 0 fully saturated rings. The molecule has 116 valence electrons. The van der Waals surface area contributed by atoms with Crippen LogP contribution in [0.1, 0.15) is 18.7 Å². The quantitative estimate of drug-likeness (QED) is 0.796. The van der Waals surface area contributed by atoms with Gasteiger partial charge < -0.3 is 5.32 Å². The maximum Gasteiger partial charge on any atom is 0.252 e. The van der Waals surface area contributed by atoms with Gasteiger partial charge in [-0.3, -0.25) is 0 Å². The molecule has 0 radical (unpaired) electrons. The van der Waals surface area contributed by atoms with Crippen LogP contribution in [0.3, 0.4) is 0 Å². The molecule has 1 N–H and O–H groups in total. The Kier molecular flexibility index (Phi) is 6.50. The normalized spacial score (nSPS) is 12.8. The molecule has 4 nitrogen and oxygen atoms in total. The number of hydrogen-bond acceptors (Lipinski definition) is 4. The predicted octanol–water partition coefficient (Wildman–Crippen LogP) is 2.17. The smallest absolute Gasteiger partial charge is 0.252 e. The summed E-state index contributed by atoms with van der Waals surface area (Å²) in [7, 11) is -2.64.